The third kappa shape index (κ3) is 2.49. The van der Waals surface area contributed by atoms with E-state index >= 15 is 0 Å². The van der Waals surface area contributed by atoms with Gasteiger partial charge in [-0.05, 0) is 47.6 Å². The van der Waals surface area contributed by atoms with E-state index in [1.54, 1.807) is 0 Å². The van der Waals surface area contributed by atoms with Crippen LogP contribution in [0.5, 0.6) is 0 Å². The van der Waals surface area contributed by atoms with Crippen LogP contribution in [-0.4, -0.2) is 4.57 Å². The maximum Gasteiger partial charge on any atom is 0.0483 e. The molecule has 0 unspecified atom stereocenters. The summed E-state index contributed by atoms with van der Waals surface area (Å²) in [5.74, 6) is 0.583. The molecule has 0 aliphatic rings. The van der Waals surface area contributed by atoms with E-state index < -0.39 is 0 Å². The first-order chi connectivity index (χ1) is 9.63. The Hall–Kier alpha value is -2.02. The van der Waals surface area contributed by atoms with Gasteiger partial charge < -0.3 is 4.57 Å². The molecule has 0 amide bonds. The Kier molecular flexibility index (Phi) is 3.35. The highest BCUT2D eigenvalue weighted by molar-refractivity contribution is 5.81. The van der Waals surface area contributed by atoms with E-state index in [0.717, 1.165) is 6.54 Å². The fourth-order valence-corrected chi connectivity index (χ4v) is 2.72. The number of aryl methyl sites for hydroxylation is 1. The third-order valence-electron chi connectivity index (χ3n) is 3.90. The van der Waals surface area contributed by atoms with Crippen molar-refractivity contribution < 1.29 is 0 Å². The lowest BCUT2D eigenvalue weighted by Crippen LogP contribution is -1.98. The van der Waals surface area contributed by atoms with Gasteiger partial charge in [-0.25, -0.2) is 0 Å². The Morgan fingerprint density at radius 2 is 1.85 bits per heavy atom. The SMILES string of the molecule is Cc1cccc(Cn2ccc3cc(C(C)C)ccc32)c1. The molecule has 0 aliphatic carbocycles. The number of hydrogen-bond donors (Lipinski definition) is 0. The van der Waals surface area contributed by atoms with E-state index in [0.29, 0.717) is 5.92 Å². The molecule has 0 radical (unpaired) electrons. The largest absolute Gasteiger partial charge is 0.343 e. The van der Waals surface area contributed by atoms with Crippen molar-refractivity contribution in [2.45, 2.75) is 33.2 Å². The molecule has 0 saturated heterocycles. The summed E-state index contributed by atoms with van der Waals surface area (Å²) in [6.45, 7) is 7.56. The molecule has 3 rings (SSSR count). The molecule has 0 spiro atoms. The first kappa shape index (κ1) is 13.0. The van der Waals surface area contributed by atoms with Crippen molar-refractivity contribution in [2.75, 3.05) is 0 Å². The van der Waals surface area contributed by atoms with Crippen LogP contribution in [0.3, 0.4) is 0 Å². The molecule has 0 N–H and O–H groups in total. The fourth-order valence-electron chi connectivity index (χ4n) is 2.72. The van der Waals surface area contributed by atoms with Crippen molar-refractivity contribution in [3.63, 3.8) is 0 Å². The van der Waals surface area contributed by atoms with Crippen molar-refractivity contribution >= 4 is 10.9 Å². The van der Waals surface area contributed by atoms with Gasteiger partial charge in [-0.2, -0.15) is 0 Å². The summed E-state index contributed by atoms with van der Waals surface area (Å²) in [6.07, 6.45) is 2.19. The summed E-state index contributed by atoms with van der Waals surface area (Å²) in [4.78, 5) is 0. The van der Waals surface area contributed by atoms with Gasteiger partial charge in [-0.3, -0.25) is 0 Å². The van der Waals surface area contributed by atoms with Gasteiger partial charge in [-0.1, -0.05) is 49.7 Å². The standard InChI is InChI=1S/C19H21N/c1-14(2)17-7-8-19-18(12-17)9-10-20(19)13-16-6-4-5-15(3)11-16/h4-12,14H,13H2,1-3H3. The Labute approximate surface area is 120 Å². The van der Waals surface area contributed by atoms with Crippen molar-refractivity contribution in [3.05, 3.63) is 71.4 Å². The van der Waals surface area contributed by atoms with E-state index in [1.165, 1.54) is 27.6 Å². The average Bonchev–Trinajstić information content (AvgIpc) is 2.81. The molecule has 20 heavy (non-hydrogen) atoms. The summed E-state index contributed by atoms with van der Waals surface area (Å²) in [6, 6.07) is 17.8. The number of nitrogens with zero attached hydrogens (tertiary/aromatic N) is 1. The zero-order valence-corrected chi connectivity index (χ0v) is 12.4. The highest BCUT2D eigenvalue weighted by atomic mass is 14.9. The number of aromatic nitrogens is 1. The van der Waals surface area contributed by atoms with Crippen LogP contribution < -0.4 is 0 Å². The minimum atomic E-state index is 0.583. The zero-order chi connectivity index (χ0) is 14.1. The van der Waals surface area contributed by atoms with Crippen LogP contribution in [0, 0.1) is 6.92 Å². The molecule has 0 atom stereocenters. The van der Waals surface area contributed by atoms with Gasteiger partial charge in [0.05, 0.1) is 0 Å². The molecule has 0 saturated carbocycles. The predicted octanol–water partition coefficient (Wildman–Crippen LogP) is 5.12. The minimum absolute atomic E-state index is 0.583. The van der Waals surface area contributed by atoms with Crippen molar-refractivity contribution in [1.82, 2.24) is 4.57 Å². The molecule has 1 heteroatoms. The lowest BCUT2D eigenvalue weighted by atomic mass is 10.0. The minimum Gasteiger partial charge on any atom is -0.343 e. The Morgan fingerprint density at radius 1 is 1.00 bits per heavy atom. The number of hydrogen-bond acceptors (Lipinski definition) is 0. The van der Waals surface area contributed by atoms with E-state index in [4.69, 9.17) is 0 Å². The quantitative estimate of drug-likeness (QED) is 0.618. The molecule has 0 bridgehead atoms. The van der Waals surface area contributed by atoms with Crippen molar-refractivity contribution in [1.29, 1.82) is 0 Å². The number of benzene rings is 2. The first-order valence-electron chi connectivity index (χ1n) is 7.28. The van der Waals surface area contributed by atoms with E-state index in [2.05, 4.69) is 80.1 Å². The molecule has 0 fully saturated rings. The molecule has 1 nitrogen and oxygen atoms in total. The van der Waals surface area contributed by atoms with E-state index in [-0.39, 0.29) is 0 Å². The summed E-state index contributed by atoms with van der Waals surface area (Å²) in [5.41, 5.74) is 5.40. The molecular formula is C19H21N. The second kappa shape index (κ2) is 5.16. The van der Waals surface area contributed by atoms with Crippen LogP contribution >= 0.6 is 0 Å². The lowest BCUT2D eigenvalue weighted by Gasteiger charge is -2.09. The number of fused-ring (bicyclic) bond motifs is 1. The zero-order valence-electron chi connectivity index (χ0n) is 12.4. The maximum absolute atomic E-state index is 2.33. The highest BCUT2D eigenvalue weighted by Gasteiger charge is 2.05. The molecule has 2 aromatic carbocycles. The van der Waals surface area contributed by atoms with Crippen LogP contribution in [0.1, 0.15) is 36.5 Å². The van der Waals surface area contributed by atoms with E-state index in [1.807, 2.05) is 0 Å². The van der Waals surface area contributed by atoms with Gasteiger partial charge in [0.2, 0.25) is 0 Å². The second-order valence-electron chi connectivity index (χ2n) is 5.91. The van der Waals surface area contributed by atoms with Crippen LogP contribution in [0.25, 0.3) is 10.9 Å². The van der Waals surface area contributed by atoms with Gasteiger partial charge in [0, 0.05) is 18.3 Å². The highest BCUT2D eigenvalue weighted by Crippen LogP contribution is 2.23. The molecular weight excluding hydrogens is 242 g/mol. The lowest BCUT2D eigenvalue weighted by molar-refractivity contribution is 0.834. The van der Waals surface area contributed by atoms with Gasteiger partial charge >= 0.3 is 0 Å². The first-order valence-corrected chi connectivity index (χ1v) is 7.28. The third-order valence-corrected chi connectivity index (χ3v) is 3.90. The second-order valence-corrected chi connectivity index (χ2v) is 5.91. The van der Waals surface area contributed by atoms with Crippen LogP contribution in [0.4, 0.5) is 0 Å². The van der Waals surface area contributed by atoms with Gasteiger partial charge in [0.1, 0.15) is 0 Å². The Balaban J connectivity index is 1.96. The van der Waals surface area contributed by atoms with Crippen LogP contribution in [0.2, 0.25) is 0 Å². The Bertz CT molecular complexity index is 734. The predicted molar refractivity (Wildman–Crippen MR) is 86.3 cm³/mol. The number of rotatable bonds is 3. The molecule has 102 valence electrons. The Morgan fingerprint density at radius 3 is 2.60 bits per heavy atom. The van der Waals surface area contributed by atoms with Gasteiger partial charge in [0.25, 0.3) is 0 Å². The van der Waals surface area contributed by atoms with Crippen LogP contribution in [0.15, 0.2) is 54.7 Å². The van der Waals surface area contributed by atoms with Gasteiger partial charge in [-0.15, -0.1) is 0 Å². The molecule has 3 aromatic rings. The monoisotopic (exact) mass is 263 g/mol. The topological polar surface area (TPSA) is 4.93 Å². The molecule has 1 aromatic heterocycles. The summed E-state index contributed by atoms with van der Waals surface area (Å²) in [7, 11) is 0. The van der Waals surface area contributed by atoms with Crippen molar-refractivity contribution in [3.8, 4) is 0 Å². The summed E-state index contributed by atoms with van der Waals surface area (Å²) < 4.78 is 2.33. The summed E-state index contributed by atoms with van der Waals surface area (Å²) >= 11 is 0. The smallest absolute Gasteiger partial charge is 0.0483 e. The average molecular weight is 263 g/mol. The van der Waals surface area contributed by atoms with E-state index in [9.17, 15) is 0 Å². The van der Waals surface area contributed by atoms with Crippen LogP contribution in [-0.2, 0) is 6.54 Å². The fraction of sp³-hybridized carbons (Fsp3) is 0.263. The molecule has 0 aliphatic heterocycles. The van der Waals surface area contributed by atoms with Crippen molar-refractivity contribution in [2.24, 2.45) is 0 Å². The maximum atomic E-state index is 2.33. The van der Waals surface area contributed by atoms with Gasteiger partial charge in [0.15, 0.2) is 0 Å². The molecule has 1 heterocycles. The normalized spacial score (nSPS) is 11.4. The summed E-state index contributed by atoms with van der Waals surface area (Å²) in [5, 5.41) is 1.34.